The van der Waals surface area contributed by atoms with Gasteiger partial charge in [0.15, 0.2) is 0 Å². The van der Waals surface area contributed by atoms with Gasteiger partial charge in [0.1, 0.15) is 0 Å². The fourth-order valence-electron chi connectivity index (χ4n) is 1.68. The van der Waals surface area contributed by atoms with Gasteiger partial charge in [0.25, 0.3) is 0 Å². The van der Waals surface area contributed by atoms with Crippen LogP contribution < -0.4 is 4.72 Å². The Labute approximate surface area is 110 Å². The summed E-state index contributed by atoms with van der Waals surface area (Å²) < 4.78 is 26.9. The van der Waals surface area contributed by atoms with E-state index in [1.54, 1.807) is 6.07 Å². The third-order valence-corrected chi connectivity index (χ3v) is 4.31. The average Bonchev–Trinajstić information content (AvgIpc) is 2.27. The number of sulfonamides is 1. The summed E-state index contributed by atoms with van der Waals surface area (Å²) in [6.07, 6.45) is 0.803. The number of aryl methyl sites for hydroxylation is 2. The quantitative estimate of drug-likeness (QED) is 0.798. The SMILES string of the molecule is Cc1ccc(C)c(S(=O)(=O)NCCCN(C)C)c1. The first-order chi connectivity index (χ1) is 8.33. The van der Waals surface area contributed by atoms with E-state index in [0.29, 0.717) is 11.4 Å². The number of benzene rings is 1. The molecule has 4 nitrogen and oxygen atoms in total. The van der Waals surface area contributed by atoms with E-state index in [1.165, 1.54) is 0 Å². The van der Waals surface area contributed by atoms with Crippen LogP contribution in [0, 0.1) is 13.8 Å². The Morgan fingerprint density at radius 1 is 1.22 bits per heavy atom. The van der Waals surface area contributed by atoms with Gasteiger partial charge in [-0.3, -0.25) is 0 Å². The maximum absolute atomic E-state index is 12.1. The molecule has 0 aliphatic rings. The molecule has 102 valence electrons. The summed E-state index contributed by atoms with van der Waals surface area (Å²) in [4.78, 5) is 2.42. The molecule has 0 atom stereocenters. The van der Waals surface area contributed by atoms with Crippen molar-refractivity contribution in [2.45, 2.75) is 25.2 Å². The highest BCUT2D eigenvalue weighted by Crippen LogP contribution is 2.16. The van der Waals surface area contributed by atoms with E-state index < -0.39 is 10.0 Å². The summed E-state index contributed by atoms with van der Waals surface area (Å²) in [7, 11) is 0.563. The molecule has 0 amide bonds. The molecule has 1 aromatic carbocycles. The largest absolute Gasteiger partial charge is 0.309 e. The highest BCUT2D eigenvalue weighted by molar-refractivity contribution is 7.89. The lowest BCUT2D eigenvalue weighted by molar-refractivity contribution is 0.400. The molecule has 0 aromatic heterocycles. The van der Waals surface area contributed by atoms with Crippen LogP contribution in [0.25, 0.3) is 0 Å². The van der Waals surface area contributed by atoms with Crippen molar-refractivity contribution in [1.29, 1.82) is 0 Å². The molecule has 0 spiro atoms. The van der Waals surface area contributed by atoms with Crippen LogP contribution in [0.5, 0.6) is 0 Å². The van der Waals surface area contributed by atoms with Crippen molar-refractivity contribution in [3.05, 3.63) is 29.3 Å². The molecule has 5 heteroatoms. The molecular formula is C13H22N2O2S. The summed E-state index contributed by atoms with van der Waals surface area (Å²) >= 11 is 0. The first kappa shape index (κ1) is 15.1. The molecular weight excluding hydrogens is 248 g/mol. The molecule has 0 radical (unpaired) electrons. The fourth-order valence-corrected chi connectivity index (χ4v) is 3.08. The van der Waals surface area contributed by atoms with E-state index in [0.717, 1.165) is 24.1 Å². The highest BCUT2D eigenvalue weighted by Gasteiger charge is 2.15. The molecule has 0 fully saturated rings. The Kier molecular flexibility index (Phi) is 5.31. The molecule has 0 bridgehead atoms. The van der Waals surface area contributed by atoms with Crippen molar-refractivity contribution >= 4 is 10.0 Å². The second kappa shape index (κ2) is 6.31. The first-order valence-corrected chi connectivity index (χ1v) is 7.53. The van der Waals surface area contributed by atoms with Crippen LogP contribution in [0.1, 0.15) is 17.5 Å². The third kappa shape index (κ3) is 4.40. The molecule has 1 aromatic rings. The van der Waals surface area contributed by atoms with Gasteiger partial charge in [0.2, 0.25) is 10.0 Å². The number of hydrogen-bond acceptors (Lipinski definition) is 3. The maximum atomic E-state index is 12.1. The van der Waals surface area contributed by atoms with Crippen LogP contribution in [0.2, 0.25) is 0 Å². The van der Waals surface area contributed by atoms with E-state index in [9.17, 15) is 8.42 Å². The van der Waals surface area contributed by atoms with Crippen LogP contribution in [-0.2, 0) is 10.0 Å². The lowest BCUT2D eigenvalue weighted by Crippen LogP contribution is -2.27. The zero-order valence-electron chi connectivity index (χ0n) is 11.5. The van der Waals surface area contributed by atoms with E-state index in [4.69, 9.17) is 0 Å². The minimum atomic E-state index is -3.38. The Bertz CT molecular complexity index is 496. The molecule has 18 heavy (non-hydrogen) atoms. The zero-order chi connectivity index (χ0) is 13.8. The molecule has 0 aliphatic heterocycles. The van der Waals surface area contributed by atoms with Crippen molar-refractivity contribution < 1.29 is 8.42 Å². The number of rotatable bonds is 6. The van der Waals surface area contributed by atoms with E-state index in [-0.39, 0.29) is 0 Å². The molecule has 0 aliphatic carbocycles. The van der Waals surface area contributed by atoms with E-state index >= 15 is 0 Å². The monoisotopic (exact) mass is 270 g/mol. The molecule has 0 saturated carbocycles. The predicted molar refractivity (Wildman–Crippen MR) is 74.3 cm³/mol. The predicted octanol–water partition coefficient (Wildman–Crippen LogP) is 1.53. The lowest BCUT2D eigenvalue weighted by atomic mass is 10.2. The smallest absolute Gasteiger partial charge is 0.240 e. The van der Waals surface area contributed by atoms with Gasteiger partial charge < -0.3 is 4.90 Å². The van der Waals surface area contributed by atoms with Gasteiger partial charge in [-0.05, 0) is 58.1 Å². The van der Waals surface area contributed by atoms with Gasteiger partial charge in [0.05, 0.1) is 4.90 Å². The number of nitrogens with zero attached hydrogens (tertiary/aromatic N) is 1. The third-order valence-electron chi connectivity index (χ3n) is 2.71. The van der Waals surface area contributed by atoms with E-state index in [2.05, 4.69) is 4.72 Å². The van der Waals surface area contributed by atoms with Crippen molar-refractivity contribution in [1.82, 2.24) is 9.62 Å². The molecule has 1 N–H and O–H groups in total. The summed E-state index contributed by atoms with van der Waals surface area (Å²) in [5.74, 6) is 0. The second-order valence-corrected chi connectivity index (χ2v) is 6.56. The Hall–Kier alpha value is -0.910. The van der Waals surface area contributed by atoms with Crippen LogP contribution in [0.3, 0.4) is 0 Å². The van der Waals surface area contributed by atoms with Gasteiger partial charge in [0, 0.05) is 6.54 Å². The summed E-state index contributed by atoms with van der Waals surface area (Å²) in [6.45, 7) is 5.04. The Balaban J connectivity index is 2.71. The first-order valence-electron chi connectivity index (χ1n) is 6.04. The van der Waals surface area contributed by atoms with Crippen LogP contribution in [-0.4, -0.2) is 40.5 Å². The summed E-state index contributed by atoms with van der Waals surface area (Å²) in [5.41, 5.74) is 1.73. The highest BCUT2D eigenvalue weighted by atomic mass is 32.2. The van der Waals surface area contributed by atoms with Crippen LogP contribution >= 0.6 is 0 Å². The van der Waals surface area contributed by atoms with Crippen molar-refractivity contribution in [2.24, 2.45) is 0 Å². The number of hydrogen-bond donors (Lipinski definition) is 1. The van der Waals surface area contributed by atoms with Crippen LogP contribution in [0.15, 0.2) is 23.1 Å². The molecule has 0 saturated heterocycles. The Morgan fingerprint density at radius 3 is 2.50 bits per heavy atom. The standard InChI is InChI=1S/C13H22N2O2S/c1-11-6-7-12(2)13(10-11)18(16,17)14-8-5-9-15(3)4/h6-7,10,14H,5,8-9H2,1-4H3. The number of nitrogens with one attached hydrogen (secondary N) is 1. The van der Waals surface area contributed by atoms with Crippen LogP contribution in [0.4, 0.5) is 0 Å². The van der Waals surface area contributed by atoms with Gasteiger partial charge in [-0.2, -0.15) is 0 Å². The molecule has 0 heterocycles. The minimum Gasteiger partial charge on any atom is -0.309 e. The maximum Gasteiger partial charge on any atom is 0.240 e. The summed E-state index contributed by atoms with van der Waals surface area (Å²) in [5, 5.41) is 0. The topological polar surface area (TPSA) is 49.4 Å². The van der Waals surface area contributed by atoms with E-state index in [1.807, 2.05) is 45.0 Å². The van der Waals surface area contributed by atoms with Gasteiger partial charge >= 0.3 is 0 Å². The van der Waals surface area contributed by atoms with Gasteiger partial charge in [-0.25, -0.2) is 13.1 Å². The van der Waals surface area contributed by atoms with Crippen molar-refractivity contribution in [2.75, 3.05) is 27.2 Å². The summed E-state index contributed by atoms with van der Waals surface area (Å²) in [6, 6.07) is 5.47. The zero-order valence-corrected chi connectivity index (χ0v) is 12.3. The van der Waals surface area contributed by atoms with Gasteiger partial charge in [-0.15, -0.1) is 0 Å². The van der Waals surface area contributed by atoms with Crippen molar-refractivity contribution in [3.8, 4) is 0 Å². The average molecular weight is 270 g/mol. The van der Waals surface area contributed by atoms with Gasteiger partial charge in [-0.1, -0.05) is 12.1 Å². The fraction of sp³-hybridized carbons (Fsp3) is 0.538. The normalized spacial score (nSPS) is 12.1. The van der Waals surface area contributed by atoms with Crippen molar-refractivity contribution in [3.63, 3.8) is 0 Å². The molecule has 0 unspecified atom stereocenters. The second-order valence-electron chi connectivity index (χ2n) is 4.82. The lowest BCUT2D eigenvalue weighted by Gasteiger charge is -2.12. The Morgan fingerprint density at radius 2 is 1.89 bits per heavy atom. The molecule has 1 rings (SSSR count). The minimum absolute atomic E-state index is 0.382.